The minimum absolute atomic E-state index is 0.742. The van der Waals surface area contributed by atoms with Gasteiger partial charge in [0.05, 0.1) is 0 Å². The minimum atomic E-state index is 0.742. The SMILES string of the molecule is CCCCCCCCCCCCC(CCC)NCCCNCCCCN. The van der Waals surface area contributed by atoms with Crippen molar-refractivity contribution in [2.24, 2.45) is 5.73 Å². The normalized spacial score (nSPS) is 12.6. The first-order valence-corrected chi connectivity index (χ1v) is 12.0. The molecule has 1 unspecified atom stereocenters. The number of hydrogen-bond donors (Lipinski definition) is 3. The van der Waals surface area contributed by atoms with Gasteiger partial charge in [0.2, 0.25) is 0 Å². The predicted molar refractivity (Wildman–Crippen MR) is 119 cm³/mol. The zero-order valence-electron chi connectivity index (χ0n) is 18.3. The number of rotatable bonds is 22. The summed E-state index contributed by atoms with van der Waals surface area (Å²) in [6.07, 6.45) is 21.9. The molecule has 0 aromatic heterocycles. The van der Waals surface area contributed by atoms with Crippen molar-refractivity contribution in [1.29, 1.82) is 0 Å². The Morgan fingerprint density at radius 2 is 1.19 bits per heavy atom. The number of hydrogen-bond acceptors (Lipinski definition) is 3. The minimum Gasteiger partial charge on any atom is -0.330 e. The van der Waals surface area contributed by atoms with Gasteiger partial charge in [0.1, 0.15) is 0 Å². The van der Waals surface area contributed by atoms with Gasteiger partial charge in [0, 0.05) is 6.04 Å². The second-order valence-corrected chi connectivity index (χ2v) is 8.01. The van der Waals surface area contributed by atoms with Crippen molar-refractivity contribution < 1.29 is 0 Å². The smallest absolute Gasteiger partial charge is 0.00669 e. The second-order valence-electron chi connectivity index (χ2n) is 8.01. The van der Waals surface area contributed by atoms with Crippen LogP contribution in [0.1, 0.15) is 117 Å². The van der Waals surface area contributed by atoms with Crippen molar-refractivity contribution in [2.45, 2.75) is 123 Å². The van der Waals surface area contributed by atoms with E-state index in [1.807, 2.05) is 0 Å². The van der Waals surface area contributed by atoms with Crippen LogP contribution in [0.4, 0.5) is 0 Å². The van der Waals surface area contributed by atoms with Gasteiger partial charge in [-0.05, 0) is 58.3 Å². The molecule has 0 amide bonds. The summed E-state index contributed by atoms with van der Waals surface area (Å²) < 4.78 is 0. The third-order valence-corrected chi connectivity index (χ3v) is 5.31. The van der Waals surface area contributed by atoms with Crippen LogP contribution in [0.25, 0.3) is 0 Å². The second kappa shape index (κ2) is 22.9. The molecule has 0 fully saturated rings. The largest absolute Gasteiger partial charge is 0.330 e. The molecule has 0 heterocycles. The molecular formula is C23H51N3. The van der Waals surface area contributed by atoms with Gasteiger partial charge in [0.15, 0.2) is 0 Å². The van der Waals surface area contributed by atoms with Crippen LogP contribution in [0.2, 0.25) is 0 Å². The van der Waals surface area contributed by atoms with Crippen LogP contribution in [-0.2, 0) is 0 Å². The van der Waals surface area contributed by atoms with Crippen molar-refractivity contribution >= 4 is 0 Å². The fourth-order valence-electron chi connectivity index (χ4n) is 3.61. The van der Waals surface area contributed by atoms with Crippen molar-refractivity contribution in [3.8, 4) is 0 Å². The first kappa shape index (κ1) is 25.9. The highest BCUT2D eigenvalue weighted by Crippen LogP contribution is 2.13. The van der Waals surface area contributed by atoms with E-state index in [0.717, 1.165) is 38.6 Å². The molecule has 0 aromatic carbocycles. The van der Waals surface area contributed by atoms with Crippen molar-refractivity contribution in [2.75, 3.05) is 26.2 Å². The fourth-order valence-corrected chi connectivity index (χ4v) is 3.61. The molecule has 3 heteroatoms. The van der Waals surface area contributed by atoms with Crippen LogP contribution in [0.5, 0.6) is 0 Å². The molecule has 0 saturated heterocycles. The maximum atomic E-state index is 5.51. The summed E-state index contributed by atoms with van der Waals surface area (Å²) in [5, 5.41) is 7.31. The van der Waals surface area contributed by atoms with Crippen molar-refractivity contribution in [3.05, 3.63) is 0 Å². The van der Waals surface area contributed by atoms with Crippen molar-refractivity contribution in [3.63, 3.8) is 0 Å². The van der Waals surface area contributed by atoms with Crippen LogP contribution in [-0.4, -0.2) is 32.2 Å². The van der Waals surface area contributed by atoms with Crippen molar-refractivity contribution in [1.82, 2.24) is 10.6 Å². The van der Waals surface area contributed by atoms with Gasteiger partial charge in [-0.15, -0.1) is 0 Å². The van der Waals surface area contributed by atoms with E-state index in [1.54, 1.807) is 0 Å². The molecule has 0 rings (SSSR count). The van der Waals surface area contributed by atoms with Gasteiger partial charge in [-0.3, -0.25) is 0 Å². The summed E-state index contributed by atoms with van der Waals surface area (Å²) in [4.78, 5) is 0. The lowest BCUT2D eigenvalue weighted by atomic mass is 10.0. The molecule has 3 nitrogen and oxygen atoms in total. The van der Waals surface area contributed by atoms with Crippen LogP contribution < -0.4 is 16.4 Å². The van der Waals surface area contributed by atoms with E-state index in [4.69, 9.17) is 5.73 Å². The third kappa shape index (κ3) is 20.2. The Labute approximate surface area is 165 Å². The lowest BCUT2D eigenvalue weighted by Gasteiger charge is -2.18. The summed E-state index contributed by atoms with van der Waals surface area (Å²) in [6.45, 7) is 8.84. The molecule has 0 aromatic rings. The van der Waals surface area contributed by atoms with E-state index in [0.29, 0.717) is 0 Å². The Balaban J connectivity index is 3.41. The average Bonchev–Trinajstić information content (AvgIpc) is 2.65. The molecule has 1 atom stereocenters. The Morgan fingerprint density at radius 3 is 1.81 bits per heavy atom. The van der Waals surface area contributed by atoms with Crippen LogP contribution >= 0.6 is 0 Å². The molecule has 0 aliphatic carbocycles. The van der Waals surface area contributed by atoms with Gasteiger partial charge in [-0.2, -0.15) is 0 Å². The Bertz CT molecular complexity index is 246. The summed E-state index contributed by atoms with van der Waals surface area (Å²) in [7, 11) is 0. The highest BCUT2D eigenvalue weighted by Gasteiger charge is 2.06. The monoisotopic (exact) mass is 369 g/mol. The summed E-state index contributed by atoms with van der Waals surface area (Å²) >= 11 is 0. The first-order chi connectivity index (χ1) is 12.8. The molecule has 0 spiro atoms. The molecule has 0 aliphatic heterocycles. The van der Waals surface area contributed by atoms with Crippen LogP contribution in [0.3, 0.4) is 0 Å². The quantitative estimate of drug-likeness (QED) is 0.212. The molecule has 158 valence electrons. The number of nitrogens with two attached hydrogens (primary N) is 1. The molecule has 0 saturated carbocycles. The molecule has 0 aliphatic rings. The molecule has 4 N–H and O–H groups in total. The molecule has 0 bridgehead atoms. The Morgan fingerprint density at radius 1 is 0.577 bits per heavy atom. The van der Waals surface area contributed by atoms with E-state index in [1.165, 1.54) is 96.3 Å². The maximum Gasteiger partial charge on any atom is 0.00669 e. The van der Waals surface area contributed by atoms with Gasteiger partial charge in [-0.1, -0.05) is 84.5 Å². The fraction of sp³-hybridized carbons (Fsp3) is 1.00. The lowest BCUT2D eigenvalue weighted by molar-refractivity contribution is 0.420. The standard InChI is InChI=1S/C23H51N3/c1-3-5-6-7-8-9-10-11-12-13-18-23(17-4-2)26-22-16-21-25-20-15-14-19-24/h23,25-26H,3-22,24H2,1-2H3. The zero-order chi connectivity index (χ0) is 19.1. The third-order valence-electron chi connectivity index (χ3n) is 5.31. The topological polar surface area (TPSA) is 50.1 Å². The van der Waals surface area contributed by atoms with Gasteiger partial charge < -0.3 is 16.4 Å². The zero-order valence-corrected chi connectivity index (χ0v) is 18.3. The van der Waals surface area contributed by atoms with E-state index in [2.05, 4.69) is 24.5 Å². The number of unbranched alkanes of at least 4 members (excludes halogenated alkanes) is 10. The van der Waals surface area contributed by atoms with Gasteiger partial charge >= 0.3 is 0 Å². The lowest BCUT2D eigenvalue weighted by Crippen LogP contribution is -2.31. The Kier molecular flexibility index (Phi) is 22.8. The molecule has 26 heavy (non-hydrogen) atoms. The van der Waals surface area contributed by atoms with Gasteiger partial charge in [0.25, 0.3) is 0 Å². The average molecular weight is 370 g/mol. The summed E-state index contributed by atoms with van der Waals surface area (Å²) in [5.41, 5.74) is 5.51. The molecule has 0 radical (unpaired) electrons. The Hall–Kier alpha value is -0.120. The van der Waals surface area contributed by atoms with Crippen LogP contribution in [0.15, 0.2) is 0 Å². The summed E-state index contributed by atoms with van der Waals surface area (Å²) in [5.74, 6) is 0. The highest BCUT2D eigenvalue weighted by atomic mass is 14.9. The van der Waals surface area contributed by atoms with E-state index >= 15 is 0 Å². The van der Waals surface area contributed by atoms with Crippen LogP contribution in [0, 0.1) is 0 Å². The van der Waals surface area contributed by atoms with Gasteiger partial charge in [-0.25, -0.2) is 0 Å². The van der Waals surface area contributed by atoms with E-state index in [-0.39, 0.29) is 0 Å². The molecular weight excluding hydrogens is 318 g/mol. The summed E-state index contributed by atoms with van der Waals surface area (Å²) in [6, 6.07) is 0.742. The number of nitrogens with one attached hydrogen (secondary N) is 2. The highest BCUT2D eigenvalue weighted by molar-refractivity contribution is 4.67. The predicted octanol–water partition coefficient (Wildman–Crippen LogP) is 5.77. The van der Waals surface area contributed by atoms with E-state index < -0.39 is 0 Å². The van der Waals surface area contributed by atoms with E-state index in [9.17, 15) is 0 Å². The first-order valence-electron chi connectivity index (χ1n) is 12.0. The maximum absolute atomic E-state index is 5.51.